The van der Waals surface area contributed by atoms with Gasteiger partial charge in [0, 0.05) is 9.75 Å². The highest BCUT2D eigenvalue weighted by Crippen LogP contribution is 2.58. The van der Waals surface area contributed by atoms with Crippen LogP contribution in [0.2, 0.25) is 0 Å². The van der Waals surface area contributed by atoms with E-state index in [1.165, 1.54) is 4.88 Å². The summed E-state index contributed by atoms with van der Waals surface area (Å²) in [6.45, 7) is 6.24. The van der Waals surface area contributed by atoms with E-state index in [1.54, 1.807) is 11.3 Å². The van der Waals surface area contributed by atoms with Gasteiger partial charge in [0.2, 0.25) is 5.91 Å². The van der Waals surface area contributed by atoms with E-state index in [0.29, 0.717) is 6.54 Å². The van der Waals surface area contributed by atoms with Crippen molar-refractivity contribution in [1.82, 2.24) is 5.32 Å². The Labute approximate surface area is 116 Å². The lowest BCUT2D eigenvalue weighted by Crippen LogP contribution is -2.26. The Morgan fingerprint density at radius 2 is 1.95 bits per heavy atom. The number of thiophene rings is 1. The molecule has 1 aliphatic carbocycles. The average Bonchev–Trinajstić information content (AvgIpc) is 2.73. The number of nitrogens with one attached hydrogen (secondary N) is 1. The number of carbonyl (C=O) groups is 2. The van der Waals surface area contributed by atoms with Crippen LogP contribution in [0.3, 0.4) is 0 Å². The van der Waals surface area contributed by atoms with Crippen LogP contribution in [0.25, 0.3) is 0 Å². The Balaban J connectivity index is 1.91. The largest absolute Gasteiger partial charge is 0.481 e. The SMILES string of the molecule is CCc1ccc(CNC(=O)C2C(C(=O)O)C2(C)C)s1. The van der Waals surface area contributed by atoms with Crippen molar-refractivity contribution in [2.75, 3.05) is 0 Å². The number of carbonyl (C=O) groups excluding carboxylic acids is 1. The lowest BCUT2D eigenvalue weighted by atomic mass is 10.1. The molecule has 0 spiro atoms. The van der Waals surface area contributed by atoms with Crippen LogP contribution in [-0.2, 0) is 22.6 Å². The van der Waals surface area contributed by atoms with Crippen molar-refractivity contribution in [3.8, 4) is 0 Å². The highest BCUT2D eigenvalue weighted by atomic mass is 32.1. The van der Waals surface area contributed by atoms with E-state index < -0.39 is 23.2 Å². The molecule has 2 rings (SSSR count). The second kappa shape index (κ2) is 4.96. The fraction of sp³-hybridized carbons (Fsp3) is 0.571. The summed E-state index contributed by atoms with van der Waals surface area (Å²) in [6, 6.07) is 4.07. The number of aliphatic carboxylic acids is 1. The molecule has 0 radical (unpaired) electrons. The van der Waals surface area contributed by atoms with E-state index in [4.69, 9.17) is 5.11 Å². The van der Waals surface area contributed by atoms with Gasteiger partial charge in [-0.25, -0.2) is 0 Å². The van der Waals surface area contributed by atoms with E-state index in [-0.39, 0.29) is 5.91 Å². The Morgan fingerprint density at radius 3 is 2.42 bits per heavy atom. The molecule has 0 saturated heterocycles. The quantitative estimate of drug-likeness (QED) is 0.870. The normalized spacial score (nSPS) is 23.9. The molecule has 0 aliphatic heterocycles. The third-order valence-corrected chi connectivity index (χ3v) is 5.11. The van der Waals surface area contributed by atoms with Crippen LogP contribution in [0.4, 0.5) is 0 Å². The van der Waals surface area contributed by atoms with Crippen LogP contribution < -0.4 is 5.32 Å². The third kappa shape index (κ3) is 2.66. The number of hydrogen-bond acceptors (Lipinski definition) is 3. The van der Waals surface area contributed by atoms with Gasteiger partial charge in [-0.1, -0.05) is 20.8 Å². The first-order valence-corrected chi connectivity index (χ1v) is 7.27. The number of aryl methyl sites for hydroxylation is 1. The minimum atomic E-state index is -0.880. The van der Waals surface area contributed by atoms with Crippen LogP contribution in [0.1, 0.15) is 30.5 Å². The van der Waals surface area contributed by atoms with Gasteiger partial charge >= 0.3 is 5.97 Å². The standard InChI is InChI=1S/C14H19NO3S/c1-4-8-5-6-9(19-8)7-15-12(16)10-11(13(17)18)14(10,2)3/h5-6,10-11H,4,7H2,1-3H3,(H,15,16)(H,17,18). The van der Waals surface area contributed by atoms with E-state index >= 15 is 0 Å². The van der Waals surface area contributed by atoms with Gasteiger partial charge in [0.15, 0.2) is 0 Å². The maximum atomic E-state index is 12.0. The smallest absolute Gasteiger partial charge is 0.307 e. The Morgan fingerprint density at radius 1 is 1.32 bits per heavy atom. The first-order valence-electron chi connectivity index (χ1n) is 6.46. The molecule has 1 fully saturated rings. The Kier molecular flexibility index (Phi) is 3.67. The molecule has 2 unspecified atom stereocenters. The molecule has 1 aromatic heterocycles. The fourth-order valence-corrected chi connectivity index (χ4v) is 3.48. The number of carboxylic acid groups (broad SMARTS) is 1. The maximum Gasteiger partial charge on any atom is 0.307 e. The average molecular weight is 281 g/mol. The van der Waals surface area contributed by atoms with E-state index in [1.807, 2.05) is 19.9 Å². The van der Waals surface area contributed by atoms with Crippen molar-refractivity contribution in [3.05, 3.63) is 21.9 Å². The van der Waals surface area contributed by atoms with E-state index in [0.717, 1.165) is 11.3 Å². The predicted octanol–water partition coefficient (Wildman–Crippen LogP) is 2.28. The molecule has 2 atom stereocenters. The summed E-state index contributed by atoms with van der Waals surface area (Å²) in [5.74, 6) is -1.99. The van der Waals surface area contributed by atoms with Crippen molar-refractivity contribution in [3.63, 3.8) is 0 Å². The predicted molar refractivity (Wildman–Crippen MR) is 73.9 cm³/mol. The molecule has 5 heteroatoms. The van der Waals surface area contributed by atoms with Crippen LogP contribution in [0, 0.1) is 17.3 Å². The molecule has 2 N–H and O–H groups in total. The van der Waals surface area contributed by atoms with Crippen LogP contribution in [0.5, 0.6) is 0 Å². The summed E-state index contributed by atoms with van der Waals surface area (Å²) in [7, 11) is 0. The summed E-state index contributed by atoms with van der Waals surface area (Å²) in [5.41, 5.74) is -0.431. The van der Waals surface area contributed by atoms with Gasteiger partial charge in [0.1, 0.15) is 0 Å². The minimum Gasteiger partial charge on any atom is -0.481 e. The molecule has 0 aromatic carbocycles. The maximum absolute atomic E-state index is 12.0. The van der Waals surface area contributed by atoms with Crippen molar-refractivity contribution < 1.29 is 14.7 Å². The second-order valence-electron chi connectivity index (χ2n) is 5.55. The van der Waals surface area contributed by atoms with Gasteiger partial charge in [0.05, 0.1) is 18.4 Å². The summed E-state index contributed by atoms with van der Waals surface area (Å²) < 4.78 is 0. The van der Waals surface area contributed by atoms with E-state index in [2.05, 4.69) is 18.3 Å². The molecule has 104 valence electrons. The van der Waals surface area contributed by atoms with Crippen molar-refractivity contribution in [2.24, 2.45) is 17.3 Å². The van der Waals surface area contributed by atoms with Gasteiger partial charge in [0.25, 0.3) is 0 Å². The topological polar surface area (TPSA) is 66.4 Å². The van der Waals surface area contributed by atoms with Crippen molar-refractivity contribution in [1.29, 1.82) is 0 Å². The number of hydrogen-bond donors (Lipinski definition) is 2. The van der Waals surface area contributed by atoms with Gasteiger partial charge < -0.3 is 10.4 Å². The zero-order valence-corrected chi connectivity index (χ0v) is 12.2. The van der Waals surface area contributed by atoms with Crippen LogP contribution in [0.15, 0.2) is 12.1 Å². The van der Waals surface area contributed by atoms with Gasteiger partial charge in [-0.3, -0.25) is 9.59 Å². The fourth-order valence-electron chi connectivity index (χ4n) is 2.58. The monoisotopic (exact) mass is 281 g/mol. The van der Waals surface area contributed by atoms with Crippen molar-refractivity contribution >= 4 is 23.2 Å². The summed E-state index contributed by atoms with van der Waals surface area (Å²) in [6.07, 6.45) is 0.995. The summed E-state index contributed by atoms with van der Waals surface area (Å²) in [5, 5.41) is 11.9. The Bertz CT molecular complexity index is 507. The molecule has 1 amide bonds. The summed E-state index contributed by atoms with van der Waals surface area (Å²) in [4.78, 5) is 25.4. The molecule has 1 heterocycles. The number of rotatable bonds is 5. The molecule has 1 aromatic rings. The van der Waals surface area contributed by atoms with Gasteiger partial charge in [-0.05, 0) is 24.0 Å². The second-order valence-corrected chi connectivity index (χ2v) is 6.81. The lowest BCUT2D eigenvalue weighted by Gasteiger charge is -2.04. The molecule has 19 heavy (non-hydrogen) atoms. The minimum absolute atomic E-state index is 0.149. The van der Waals surface area contributed by atoms with Crippen LogP contribution in [-0.4, -0.2) is 17.0 Å². The molecule has 4 nitrogen and oxygen atoms in total. The molecule has 1 saturated carbocycles. The van der Waals surface area contributed by atoms with Gasteiger partial charge in [-0.15, -0.1) is 11.3 Å². The summed E-state index contributed by atoms with van der Waals surface area (Å²) >= 11 is 1.68. The van der Waals surface area contributed by atoms with Gasteiger partial charge in [-0.2, -0.15) is 0 Å². The highest BCUT2D eigenvalue weighted by molar-refractivity contribution is 7.11. The molecular weight excluding hydrogens is 262 g/mol. The zero-order valence-electron chi connectivity index (χ0n) is 11.4. The number of carboxylic acids is 1. The van der Waals surface area contributed by atoms with Crippen LogP contribution >= 0.6 is 11.3 Å². The molecular formula is C14H19NO3S. The zero-order chi connectivity index (χ0) is 14.2. The van der Waals surface area contributed by atoms with E-state index in [9.17, 15) is 9.59 Å². The number of amides is 1. The first-order chi connectivity index (χ1) is 8.87. The highest BCUT2D eigenvalue weighted by Gasteiger charge is 2.65. The lowest BCUT2D eigenvalue weighted by molar-refractivity contribution is -0.140. The van der Waals surface area contributed by atoms with Crippen molar-refractivity contribution in [2.45, 2.75) is 33.7 Å². The first kappa shape index (κ1) is 14.1. The third-order valence-electron chi connectivity index (χ3n) is 3.88. The Hall–Kier alpha value is -1.36. The molecule has 1 aliphatic rings. The molecule has 0 bridgehead atoms.